The Bertz CT molecular complexity index is 689. The zero-order chi connectivity index (χ0) is 15.5. The highest BCUT2D eigenvalue weighted by Crippen LogP contribution is 2.13. The monoisotopic (exact) mass is 289 g/mol. The number of amides is 1. The Morgan fingerprint density at radius 2 is 1.95 bits per heavy atom. The number of carboxylic acid groups (broad SMARTS) is 1. The maximum absolute atomic E-state index is 12.2. The molecule has 0 aliphatic rings. The van der Waals surface area contributed by atoms with Gasteiger partial charge >= 0.3 is 5.97 Å². The number of nitrogens with one attached hydrogen (secondary N) is 1. The first kappa shape index (κ1) is 14.9. The summed E-state index contributed by atoms with van der Waals surface area (Å²) in [5, 5.41) is 11.7. The van der Waals surface area contributed by atoms with E-state index in [-0.39, 0.29) is 6.61 Å². The van der Waals surface area contributed by atoms with E-state index in [0.717, 1.165) is 0 Å². The summed E-state index contributed by atoms with van der Waals surface area (Å²) in [6.45, 7) is 1.25. The highest BCUT2D eigenvalue weighted by atomic mass is 16.5. The van der Waals surface area contributed by atoms with Gasteiger partial charge in [0.1, 0.15) is 0 Å². The van der Waals surface area contributed by atoms with Crippen LogP contribution in [0.3, 0.4) is 0 Å². The van der Waals surface area contributed by atoms with Crippen LogP contribution in [0.4, 0.5) is 0 Å². The maximum Gasteiger partial charge on any atom is 0.331 e. The Morgan fingerprint density at radius 1 is 1.29 bits per heavy atom. The van der Waals surface area contributed by atoms with Crippen molar-refractivity contribution in [3.63, 3.8) is 0 Å². The minimum atomic E-state index is -1.50. The highest BCUT2D eigenvalue weighted by Gasteiger charge is 2.35. The molecule has 0 saturated heterocycles. The Balaban J connectivity index is 2.27. The van der Waals surface area contributed by atoms with Crippen LogP contribution in [0.2, 0.25) is 0 Å². The van der Waals surface area contributed by atoms with E-state index < -0.39 is 17.4 Å². The molecule has 0 spiro atoms. The number of aromatic nitrogens is 2. The molecule has 1 aromatic carbocycles. The molecule has 0 bridgehead atoms. The third-order valence-corrected chi connectivity index (χ3v) is 3.03. The van der Waals surface area contributed by atoms with Crippen molar-refractivity contribution in [3.05, 3.63) is 36.2 Å². The van der Waals surface area contributed by atoms with Crippen molar-refractivity contribution in [3.8, 4) is 0 Å². The summed E-state index contributed by atoms with van der Waals surface area (Å²) in [5.74, 6) is -1.68. The first-order valence-corrected chi connectivity index (χ1v) is 6.22. The van der Waals surface area contributed by atoms with Gasteiger partial charge in [-0.05, 0) is 25.1 Å². The number of carbonyl (C=O) groups is 2. The third-order valence-electron chi connectivity index (χ3n) is 3.03. The van der Waals surface area contributed by atoms with E-state index in [0.29, 0.717) is 16.6 Å². The fourth-order valence-corrected chi connectivity index (χ4v) is 1.87. The van der Waals surface area contributed by atoms with Crippen LogP contribution in [0, 0.1) is 0 Å². The molecule has 0 radical (unpaired) electrons. The number of hydrogen-bond acceptors (Lipinski definition) is 5. The van der Waals surface area contributed by atoms with Crippen molar-refractivity contribution < 1.29 is 19.4 Å². The number of hydrogen-bond donors (Lipinski definition) is 2. The predicted molar refractivity (Wildman–Crippen MR) is 74.9 cm³/mol. The van der Waals surface area contributed by atoms with Crippen LogP contribution in [-0.4, -0.2) is 46.2 Å². The zero-order valence-electron chi connectivity index (χ0n) is 11.7. The van der Waals surface area contributed by atoms with E-state index in [1.807, 2.05) is 0 Å². The molecule has 1 heterocycles. The fourth-order valence-electron chi connectivity index (χ4n) is 1.87. The molecule has 21 heavy (non-hydrogen) atoms. The zero-order valence-corrected chi connectivity index (χ0v) is 11.7. The molecule has 2 N–H and O–H groups in total. The van der Waals surface area contributed by atoms with Gasteiger partial charge in [-0.25, -0.2) is 4.79 Å². The van der Waals surface area contributed by atoms with E-state index >= 15 is 0 Å². The molecule has 7 nitrogen and oxygen atoms in total. The SMILES string of the molecule is COCC(C)(NC(=O)c1ccc2nccnc2c1)C(=O)O. The normalized spacial score (nSPS) is 13.6. The number of aliphatic carboxylic acids is 1. The van der Waals surface area contributed by atoms with Gasteiger partial charge in [0.15, 0.2) is 5.54 Å². The molecule has 1 amide bonds. The average Bonchev–Trinajstić information content (AvgIpc) is 2.46. The summed E-state index contributed by atoms with van der Waals surface area (Å²) in [6, 6.07) is 4.79. The first-order chi connectivity index (χ1) is 9.96. The van der Waals surface area contributed by atoms with Crippen LogP contribution >= 0.6 is 0 Å². The van der Waals surface area contributed by atoms with Gasteiger partial charge in [0.25, 0.3) is 5.91 Å². The van der Waals surface area contributed by atoms with Crippen LogP contribution in [0.5, 0.6) is 0 Å². The molecule has 0 saturated carbocycles. The lowest BCUT2D eigenvalue weighted by molar-refractivity contribution is -0.145. The standard InChI is InChI=1S/C14H15N3O4/c1-14(8-21-2,13(19)20)17-12(18)9-3-4-10-11(7-9)16-6-5-15-10/h3-7H,8H2,1-2H3,(H,17,18)(H,19,20). The van der Waals surface area contributed by atoms with Crippen LogP contribution in [0.15, 0.2) is 30.6 Å². The maximum atomic E-state index is 12.2. The third kappa shape index (κ3) is 3.14. The second-order valence-electron chi connectivity index (χ2n) is 4.78. The minimum absolute atomic E-state index is 0.137. The van der Waals surface area contributed by atoms with Crippen molar-refractivity contribution in [1.82, 2.24) is 15.3 Å². The van der Waals surface area contributed by atoms with E-state index in [2.05, 4.69) is 15.3 Å². The van der Waals surface area contributed by atoms with Gasteiger partial charge in [-0.15, -0.1) is 0 Å². The molecular formula is C14H15N3O4. The van der Waals surface area contributed by atoms with Crippen molar-refractivity contribution in [2.24, 2.45) is 0 Å². The molecule has 2 rings (SSSR count). The van der Waals surface area contributed by atoms with Gasteiger partial charge in [0.2, 0.25) is 0 Å². The number of benzene rings is 1. The number of nitrogens with zero attached hydrogens (tertiary/aromatic N) is 2. The van der Waals surface area contributed by atoms with Crippen molar-refractivity contribution >= 4 is 22.9 Å². The second-order valence-corrected chi connectivity index (χ2v) is 4.78. The second kappa shape index (κ2) is 5.84. The topological polar surface area (TPSA) is 101 Å². The molecular weight excluding hydrogens is 274 g/mol. The molecule has 0 aliphatic heterocycles. The van der Waals surface area contributed by atoms with Crippen molar-refractivity contribution in [1.29, 1.82) is 0 Å². The summed E-state index contributed by atoms with van der Waals surface area (Å²) in [5.41, 5.74) is 0.0378. The smallest absolute Gasteiger partial charge is 0.331 e. The summed E-state index contributed by atoms with van der Waals surface area (Å²) >= 11 is 0. The highest BCUT2D eigenvalue weighted by molar-refractivity contribution is 5.99. The molecule has 1 unspecified atom stereocenters. The predicted octanol–water partition coefficient (Wildman–Crippen LogP) is 0.849. The van der Waals surface area contributed by atoms with E-state index in [9.17, 15) is 14.7 Å². The molecule has 110 valence electrons. The molecule has 1 aromatic heterocycles. The van der Waals surface area contributed by atoms with Gasteiger partial charge < -0.3 is 15.2 Å². The van der Waals surface area contributed by atoms with Gasteiger partial charge in [-0.1, -0.05) is 0 Å². The Labute approximate surface area is 121 Å². The molecule has 7 heteroatoms. The van der Waals surface area contributed by atoms with E-state index in [4.69, 9.17) is 4.74 Å². The van der Waals surface area contributed by atoms with Gasteiger partial charge in [-0.2, -0.15) is 0 Å². The van der Waals surface area contributed by atoms with Crippen molar-refractivity contribution in [2.45, 2.75) is 12.5 Å². The number of ether oxygens (including phenoxy) is 1. The summed E-state index contributed by atoms with van der Waals surface area (Å²) < 4.78 is 4.86. The number of carboxylic acids is 1. The number of methoxy groups -OCH3 is 1. The van der Waals surface area contributed by atoms with Gasteiger partial charge in [0, 0.05) is 25.1 Å². The number of fused-ring (bicyclic) bond motifs is 1. The quantitative estimate of drug-likeness (QED) is 0.846. The van der Waals surface area contributed by atoms with Gasteiger partial charge in [0.05, 0.1) is 17.6 Å². The molecule has 1 atom stereocenters. The minimum Gasteiger partial charge on any atom is -0.479 e. The fraction of sp³-hybridized carbons (Fsp3) is 0.286. The number of carbonyl (C=O) groups excluding carboxylic acids is 1. The van der Waals surface area contributed by atoms with Crippen LogP contribution in [0.25, 0.3) is 11.0 Å². The van der Waals surface area contributed by atoms with Crippen LogP contribution in [-0.2, 0) is 9.53 Å². The van der Waals surface area contributed by atoms with Gasteiger partial charge in [-0.3, -0.25) is 14.8 Å². The Morgan fingerprint density at radius 3 is 2.57 bits per heavy atom. The number of rotatable bonds is 5. The van der Waals surface area contributed by atoms with Crippen molar-refractivity contribution in [2.75, 3.05) is 13.7 Å². The Kier molecular flexibility index (Phi) is 4.13. The van der Waals surface area contributed by atoms with Crippen LogP contribution in [0.1, 0.15) is 17.3 Å². The lowest BCUT2D eigenvalue weighted by Gasteiger charge is -2.25. The summed E-state index contributed by atoms with van der Waals surface area (Å²) in [4.78, 5) is 31.7. The molecule has 0 aliphatic carbocycles. The lowest BCUT2D eigenvalue weighted by atomic mass is 10.0. The average molecular weight is 289 g/mol. The Hall–Kier alpha value is -2.54. The lowest BCUT2D eigenvalue weighted by Crippen LogP contribution is -2.55. The van der Waals surface area contributed by atoms with E-state index in [1.165, 1.54) is 20.2 Å². The molecule has 2 aromatic rings. The largest absolute Gasteiger partial charge is 0.479 e. The summed E-state index contributed by atoms with van der Waals surface area (Å²) in [7, 11) is 1.37. The van der Waals surface area contributed by atoms with Crippen LogP contribution < -0.4 is 5.32 Å². The van der Waals surface area contributed by atoms with E-state index in [1.54, 1.807) is 24.4 Å². The first-order valence-electron chi connectivity index (χ1n) is 6.22. The summed E-state index contributed by atoms with van der Waals surface area (Å²) in [6.07, 6.45) is 3.08. The molecule has 0 fully saturated rings.